The van der Waals surface area contributed by atoms with Gasteiger partial charge in [-0.05, 0) is 25.0 Å². The number of amides is 1. The number of carbonyl (C=O) groups is 2. The highest BCUT2D eigenvalue weighted by atomic mass is 16.6. The molecule has 8 heteroatoms. The van der Waals surface area contributed by atoms with Crippen LogP contribution < -0.4 is 10.1 Å². The third-order valence-electron chi connectivity index (χ3n) is 4.36. The SMILES string of the molecule is CCC[C@@H](NC(=O)[C@@H](C)OC(=O)c1cc([N+](=O)[O-])ccc1OC)c1ccccc1. The highest BCUT2D eigenvalue weighted by Crippen LogP contribution is 2.25. The zero-order valence-corrected chi connectivity index (χ0v) is 16.6. The average molecular weight is 400 g/mol. The standard InChI is InChI=1S/C21H24N2O6/c1-4-8-18(15-9-6-5-7-10-15)22-20(24)14(2)29-21(25)17-13-16(23(26)27)11-12-19(17)28-3/h5-7,9-14,18H,4,8H2,1-3H3,(H,22,24)/t14-,18-/m1/s1. The van der Waals surface area contributed by atoms with E-state index in [1.54, 1.807) is 0 Å². The summed E-state index contributed by atoms with van der Waals surface area (Å²) >= 11 is 0. The van der Waals surface area contributed by atoms with Crippen molar-refractivity contribution < 1.29 is 24.0 Å². The number of nitro groups is 1. The van der Waals surface area contributed by atoms with Gasteiger partial charge in [0.05, 0.1) is 18.1 Å². The monoisotopic (exact) mass is 400 g/mol. The maximum Gasteiger partial charge on any atom is 0.342 e. The molecule has 2 rings (SSSR count). The molecule has 8 nitrogen and oxygen atoms in total. The number of ether oxygens (including phenoxy) is 2. The lowest BCUT2D eigenvalue weighted by atomic mass is 10.0. The Morgan fingerprint density at radius 3 is 2.45 bits per heavy atom. The molecule has 0 saturated heterocycles. The van der Waals surface area contributed by atoms with Crippen molar-refractivity contribution in [2.75, 3.05) is 7.11 Å². The Balaban J connectivity index is 2.11. The number of nitrogens with zero attached hydrogens (tertiary/aromatic N) is 1. The van der Waals surface area contributed by atoms with Crippen LogP contribution in [0.2, 0.25) is 0 Å². The smallest absolute Gasteiger partial charge is 0.342 e. The molecule has 0 unspecified atom stereocenters. The summed E-state index contributed by atoms with van der Waals surface area (Å²) < 4.78 is 10.3. The molecule has 1 N–H and O–H groups in total. The number of rotatable bonds is 9. The fourth-order valence-electron chi connectivity index (χ4n) is 2.83. The van der Waals surface area contributed by atoms with Crippen LogP contribution in [0.1, 0.15) is 48.7 Å². The molecular weight excluding hydrogens is 376 g/mol. The quantitative estimate of drug-likeness (QED) is 0.390. The number of nitrogens with one attached hydrogen (secondary N) is 1. The summed E-state index contributed by atoms with van der Waals surface area (Å²) in [5.74, 6) is -1.20. The predicted octanol–water partition coefficient (Wildman–Crippen LogP) is 3.81. The van der Waals surface area contributed by atoms with Crippen LogP contribution in [-0.2, 0) is 9.53 Å². The van der Waals surface area contributed by atoms with Crippen molar-refractivity contribution in [3.8, 4) is 5.75 Å². The molecule has 0 aliphatic heterocycles. The van der Waals surface area contributed by atoms with Crippen molar-refractivity contribution >= 4 is 17.6 Å². The van der Waals surface area contributed by atoms with Crippen LogP contribution in [0.15, 0.2) is 48.5 Å². The first-order valence-electron chi connectivity index (χ1n) is 9.26. The zero-order valence-electron chi connectivity index (χ0n) is 16.6. The highest BCUT2D eigenvalue weighted by molar-refractivity contribution is 5.95. The fourth-order valence-corrected chi connectivity index (χ4v) is 2.83. The molecule has 0 saturated carbocycles. The minimum absolute atomic E-state index is 0.116. The van der Waals surface area contributed by atoms with E-state index in [0.717, 1.165) is 24.5 Å². The van der Waals surface area contributed by atoms with E-state index < -0.39 is 22.9 Å². The van der Waals surface area contributed by atoms with Gasteiger partial charge in [0.15, 0.2) is 6.10 Å². The van der Waals surface area contributed by atoms with E-state index in [1.165, 1.54) is 26.2 Å². The van der Waals surface area contributed by atoms with Gasteiger partial charge < -0.3 is 14.8 Å². The molecule has 0 aliphatic carbocycles. The minimum Gasteiger partial charge on any atom is -0.496 e. The molecule has 0 aliphatic rings. The number of hydrogen-bond donors (Lipinski definition) is 1. The van der Waals surface area contributed by atoms with Crippen molar-refractivity contribution in [1.29, 1.82) is 0 Å². The second kappa shape index (κ2) is 10.2. The van der Waals surface area contributed by atoms with E-state index in [9.17, 15) is 19.7 Å². The summed E-state index contributed by atoms with van der Waals surface area (Å²) in [4.78, 5) is 35.4. The van der Waals surface area contributed by atoms with E-state index in [0.29, 0.717) is 0 Å². The van der Waals surface area contributed by atoms with E-state index in [4.69, 9.17) is 9.47 Å². The summed E-state index contributed by atoms with van der Waals surface area (Å²) in [5.41, 5.74) is 0.568. The molecule has 0 bridgehead atoms. The second-order valence-corrected chi connectivity index (χ2v) is 6.45. The third-order valence-corrected chi connectivity index (χ3v) is 4.36. The van der Waals surface area contributed by atoms with Gasteiger partial charge in [0.2, 0.25) is 0 Å². The lowest BCUT2D eigenvalue weighted by Crippen LogP contribution is -2.38. The Hall–Kier alpha value is -3.42. The lowest BCUT2D eigenvalue weighted by molar-refractivity contribution is -0.384. The van der Waals surface area contributed by atoms with Gasteiger partial charge >= 0.3 is 5.97 Å². The van der Waals surface area contributed by atoms with Gasteiger partial charge in [0.25, 0.3) is 11.6 Å². The zero-order chi connectivity index (χ0) is 21.4. The molecule has 2 atom stereocenters. The Morgan fingerprint density at radius 1 is 1.17 bits per heavy atom. The van der Waals surface area contributed by atoms with Crippen molar-refractivity contribution in [3.63, 3.8) is 0 Å². The third kappa shape index (κ3) is 5.78. The Kier molecular flexibility index (Phi) is 7.70. The van der Waals surface area contributed by atoms with Gasteiger partial charge in [0.1, 0.15) is 11.3 Å². The van der Waals surface area contributed by atoms with Gasteiger partial charge in [0, 0.05) is 12.1 Å². The molecule has 2 aromatic rings. The average Bonchev–Trinajstić information content (AvgIpc) is 2.73. The maximum absolute atomic E-state index is 12.6. The normalized spacial score (nSPS) is 12.5. The van der Waals surface area contributed by atoms with Crippen LogP contribution >= 0.6 is 0 Å². The Labute approximate surface area is 169 Å². The van der Waals surface area contributed by atoms with E-state index >= 15 is 0 Å². The first kappa shape index (κ1) is 21.9. The number of hydrogen-bond acceptors (Lipinski definition) is 6. The molecule has 2 aromatic carbocycles. The summed E-state index contributed by atoms with van der Waals surface area (Å²) in [5, 5.41) is 13.9. The molecule has 0 fully saturated rings. The van der Waals surface area contributed by atoms with E-state index in [1.807, 2.05) is 37.3 Å². The number of esters is 1. The number of non-ortho nitro benzene ring substituents is 1. The van der Waals surface area contributed by atoms with Crippen molar-refractivity contribution in [1.82, 2.24) is 5.32 Å². The van der Waals surface area contributed by atoms with Crippen LogP contribution in [0.25, 0.3) is 0 Å². The second-order valence-electron chi connectivity index (χ2n) is 6.45. The van der Waals surface area contributed by atoms with Crippen LogP contribution in [0.4, 0.5) is 5.69 Å². The van der Waals surface area contributed by atoms with E-state index in [-0.39, 0.29) is 23.0 Å². The topological polar surface area (TPSA) is 108 Å². The minimum atomic E-state index is -1.09. The number of benzene rings is 2. The highest BCUT2D eigenvalue weighted by Gasteiger charge is 2.25. The summed E-state index contributed by atoms with van der Waals surface area (Å²) in [6.07, 6.45) is 0.503. The maximum atomic E-state index is 12.6. The van der Waals surface area contributed by atoms with Gasteiger partial charge in [-0.2, -0.15) is 0 Å². The number of methoxy groups -OCH3 is 1. The first-order valence-corrected chi connectivity index (χ1v) is 9.26. The molecule has 29 heavy (non-hydrogen) atoms. The van der Waals surface area contributed by atoms with Gasteiger partial charge in [-0.25, -0.2) is 4.79 Å². The molecule has 0 radical (unpaired) electrons. The van der Waals surface area contributed by atoms with Crippen LogP contribution in [0.5, 0.6) is 5.75 Å². The van der Waals surface area contributed by atoms with Crippen LogP contribution in [-0.4, -0.2) is 30.0 Å². The molecule has 0 spiro atoms. The van der Waals surface area contributed by atoms with Crippen molar-refractivity contribution in [2.45, 2.75) is 38.8 Å². The lowest BCUT2D eigenvalue weighted by Gasteiger charge is -2.21. The molecule has 154 valence electrons. The largest absolute Gasteiger partial charge is 0.496 e. The number of carbonyl (C=O) groups excluding carboxylic acids is 2. The molecular formula is C21H24N2O6. The van der Waals surface area contributed by atoms with Crippen LogP contribution in [0.3, 0.4) is 0 Å². The first-order chi connectivity index (χ1) is 13.9. The molecule has 0 heterocycles. The van der Waals surface area contributed by atoms with Gasteiger partial charge in [-0.1, -0.05) is 43.7 Å². The Bertz CT molecular complexity index is 869. The molecule has 1 amide bonds. The van der Waals surface area contributed by atoms with Crippen LogP contribution in [0, 0.1) is 10.1 Å². The van der Waals surface area contributed by atoms with Crippen molar-refractivity contribution in [3.05, 3.63) is 69.8 Å². The predicted molar refractivity (Wildman–Crippen MR) is 107 cm³/mol. The van der Waals surface area contributed by atoms with E-state index in [2.05, 4.69) is 5.32 Å². The Morgan fingerprint density at radius 2 is 1.86 bits per heavy atom. The molecule has 0 aromatic heterocycles. The van der Waals surface area contributed by atoms with Gasteiger partial charge in [-0.3, -0.25) is 14.9 Å². The summed E-state index contributed by atoms with van der Waals surface area (Å²) in [6.45, 7) is 3.46. The summed E-state index contributed by atoms with van der Waals surface area (Å²) in [7, 11) is 1.34. The number of nitro benzene ring substituents is 1. The summed E-state index contributed by atoms with van der Waals surface area (Å²) in [6, 6.07) is 12.9. The van der Waals surface area contributed by atoms with Crippen molar-refractivity contribution in [2.24, 2.45) is 0 Å². The fraction of sp³-hybridized carbons (Fsp3) is 0.333. The van der Waals surface area contributed by atoms with Gasteiger partial charge in [-0.15, -0.1) is 0 Å².